The molecule has 0 radical (unpaired) electrons. The van der Waals surface area contributed by atoms with Crippen LogP contribution in [0.4, 0.5) is 4.79 Å². The van der Waals surface area contributed by atoms with Gasteiger partial charge in [0.05, 0.1) is 11.0 Å². The summed E-state index contributed by atoms with van der Waals surface area (Å²) >= 11 is 3.35. The highest BCUT2D eigenvalue weighted by Crippen LogP contribution is 2.19. The molecule has 2 rings (SSSR count). The minimum atomic E-state index is -0.349. The van der Waals surface area contributed by atoms with Crippen molar-refractivity contribution in [3.05, 3.63) is 29.0 Å². The second-order valence-electron chi connectivity index (χ2n) is 4.07. The van der Waals surface area contributed by atoms with Crippen LogP contribution in [0.5, 0.6) is 0 Å². The quantitative estimate of drug-likeness (QED) is 0.861. The van der Waals surface area contributed by atoms with Gasteiger partial charge in [0.2, 0.25) is 0 Å². The van der Waals surface area contributed by atoms with E-state index in [1.807, 2.05) is 19.9 Å². The highest BCUT2D eigenvalue weighted by molar-refractivity contribution is 9.10. The van der Waals surface area contributed by atoms with E-state index in [0.29, 0.717) is 0 Å². The molecule has 2 aromatic rings. The number of aromatic nitrogens is 2. The molecule has 0 unspecified atom stereocenters. The third-order valence-corrected chi connectivity index (χ3v) is 3.31. The van der Waals surface area contributed by atoms with Crippen LogP contribution in [0, 0.1) is 0 Å². The Hall–Kier alpha value is -1.36. The van der Waals surface area contributed by atoms with Gasteiger partial charge in [0.1, 0.15) is 6.10 Å². The third kappa shape index (κ3) is 2.56. The van der Waals surface area contributed by atoms with Crippen molar-refractivity contribution in [1.82, 2.24) is 9.55 Å². The number of ether oxygens (including phenoxy) is 1. The Balaban J connectivity index is 2.30. The maximum atomic E-state index is 12.1. The molecular weight excluding hydrogens is 296 g/mol. The van der Waals surface area contributed by atoms with Crippen LogP contribution in [0.3, 0.4) is 0 Å². The first kappa shape index (κ1) is 13.1. The maximum Gasteiger partial charge on any atom is 0.418 e. The van der Waals surface area contributed by atoms with Gasteiger partial charge in [-0.25, -0.2) is 4.79 Å². The Labute approximate surface area is 114 Å². The third-order valence-electron chi connectivity index (χ3n) is 2.88. The van der Waals surface area contributed by atoms with Crippen molar-refractivity contribution in [3.8, 4) is 0 Å². The lowest BCUT2D eigenvalue weighted by molar-refractivity contribution is 0.0951. The molecule has 0 spiro atoms. The zero-order chi connectivity index (χ0) is 13.1. The van der Waals surface area contributed by atoms with Crippen LogP contribution in [-0.2, 0) is 4.74 Å². The molecule has 0 atom stereocenters. The van der Waals surface area contributed by atoms with Crippen LogP contribution in [-0.4, -0.2) is 21.7 Å². The number of nitrogens with zero attached hydrogens (tertiary/aromatic N) is 2. The fraction of sp³-hybridized carbons (Fsp3) is 0.385. The van der Waals surface area contributed by atoms with Crippen molar-refractivity contribution < 1.29 is 9.53 Å². The van der Waals surface area contributed by atoms with Gasteiger partial charge in [-0.05, 0) is 40.9 Å². The van der Waals surface area contributed by atoms with E-state index in [2.05, 4.69) is 20.9 Å². The van der Waals surface area contributed by atoms with Gasteiger partial charge in [0, 0.05) is 16.9 Å². The number of pyridine rings is 1. The Kier molecular flexibility index (Phi) is 4.01. The van der Waals surface area contributed by atoms with Crippen LogP contribution in [0.2, 0.25) is 0 Å². The van der Waals surface area contributed by atoms with E-state index in [4.69, 9.17) is 4.74 Å². The summed E-state index contributed by atoms with van der Waals surface area (Å²) in [5.41, 5.74) is 1.53. The number of carbonyl (C=O) groups excluding carboxylic acids is 1. The molecule has 0 aliphatic heterocycles. The monoisotopic (exact) mass is 310 g/mol. The van der Waals surface area contributed by atoms with Crippen molar-refractivity contribution in [2.24, 2.45) is 0 Å². The van der Waals surface area contributed by atoms with Gasteiger partial charge >= 0.3 is 6.09 Å². The van der Waals surface area contributed by atoms with Crippen molar-refractivity contribution >= 4 is 33.1 Å². The van der Waals surface area contributed by atoms with Crippen LogP contribution < -0.4 is 0 Å². The lowest BCUT2D eigenvalue weighted by Crippen LogP contribution is -2.20. The summed E-state index contributed by atoms with van der Waals surface area (Å²) in [5.74, 6) is 0. The molecule has 0 aliphatic rings. The SMILES string of the molecule is CCC(CC)OC(=O)n1ccc2ncc(Br)cc21. The van der Waals surface area contributed by atoms with E-state index in [1.54, 1.807) is 18.5 Å². The number of fused-ring (bicyclic) bond motifs is 1. The molecule has 2 heterocycles. The van der Waals surface area contributed by atoms with Crippen molar-refractivity contribution in [2.45, 2.75) is 32.8 Å². The number of rotatable bonds is 3. The number of halogens is 1. The van der Waals surface area contributed by atoms with Gasteiger partial charge in [-0.3, -0.25) is 9.55 Å². The standard InChI is InChI=1S/C13H15BrN2O2/c1-3-10(4-2)18-13(17)16-6-5-11-12(16)7-9(14)8-15-11/h5-8,10H,3-4H2,1-2H3. The highest BCUT2D eigenvalue weighted by atomic mass is 79.9. The van der Waals surface area contributed by atoms with E-state index in [-0.39, 0.29) is 12.2 Å². The molecule has 0 saturated heterocycles. The lowest BCUT2D eigenvalue weighted by atomic mass is 10.2. The Morgan fingerprint density at radius 2 is 2.22 bits per heavy atom. The second-order valence-corrected chi connectivity index (χ2v) is 4.98. The minimum Gasteiger partial charge on any atom is -0.446 e. The predicted molar refractivity (Wildman–Crippen MR) is 73.7 cm³/mol. The number of carbonyl (C=O) groups is 1. The largest absolute Gasteiger partial charge is 0.446 e. The summed E-state index contributed by atoms with van der Waals surface area (Å²) in [5, 5.41) is 0. The van der Waals surface area contributed by atoms with Gasteiger partial charge in [-0.1, -0.05) is 13.8 Å². The fourth-order valence-corrected chi connectivity index (χ4v) is 2.12. The minimum absolute atomic E-state index is 0.0323. The summed E-state index contributed by atoms with van der Waals surface area (Å²) in [6, 6.07) is 3.66. The molecule has 0 fully saturated rings. The first-order valence-electron chi connectivity index (χ1n) is 5.99. The Bertz CT molecular complexity index is 561. The molecule has 0 saturated carbocycles. The van der Waals surface area contributed by atoms with Gasteiger partial charge < -0.3 is 4.74 Å². The van der Waals surface area contributed by atoms with E-state index in [0.717, 1.165) is 28.3 Å². The maximum absolute atomic E-state index is 12.1. The molecule has 2 aromatic heterocycles. The molecule has 0 aromatic carbocycles. The molecule has 18 heavy (non-hydrogen) atoms. The van der Waals surface area contributed by atoms with Crippen LogP contribution in [0.15, 0.2) is 29.0 Å². The lowest BCUT2D eigenvalue weighted by Gasteiger charge is -2.14. The molecule has 0 bridgehead atoms. The van der Waals surface area contributed by atoms with Gasteiger partial charge in [0.15, 0.2) is 0 Å². The van der Waals surface area contributed by atoms with Crippen molar-refractivity contribution in [2.75, 3.05) is 0 Å². The second kappa shape index (κ2) is 5.52. The zero-order valence-corrected chi connectivity index (χ0v) is 12.0. The first-order valence-corrected chi connectivity index (χ1v) is 6.78. The summed E-state index contributed by atoms with van der Waals surface area (Å²) < 4.78 is 7.75. The highest BCUT2D eigenvalue weighted by Gasteiger charge is 2.15. The molecule has 0 amide bonds. The Morgan fingerprint density at radius 3 is 2.89 bits per heavy atom. The van der Waals surface area contributed by atoms with Crippen LogP contribution in [0.25, 0.3) is 11.0 Å². The zero-order valence-electron chi connectivity index (χ0n) is 10.4. The smallest absolute Gasteiger partial charge is 0.418 e. The summed E-state index contributed by atoms with van der Waals surface area (Å²) in [6.45, 7) is 4.01. The van der Waals surface area contributed by atoms with E-state index < -0.39 is 0 Å². The average Bonchev–Trinajstić information content (AvgIpc) is 2.78. The van der Waals surface area contributed by atoms with Gasteiger partial charge in [-0.2, -0.15) is 0 Å². The number of hydrogen-bond acceptors (Lipinski definition) is 3. The molecule has 96 valence electrons. The van der Waals surface area contributed by atoms with Crippen molar-refractivity contribution in [1.29, 1.82) is 0 Å². The molecular formula is C13H15BrN2O2. The van der Waals surface area contributed by atoms with Crippen LogP contribution >= 0.6 is 15.9 Å². The van der Waals surface area contributed by atoms with Crippen LogP contribution in [0.1, 0.15) is 26.7 Å². The normalized spacial score (nSPS) is 11.1. The Morgan fingerprint density at radius 1 is 1.50 bits per heavy atom. The fourth-order valence-electron chi connectivity index (χ4n) is 1.80. The van der Waals surface area contributed by atoms with E-state index in [1.165, 1.54) is 4.57 Å². The van der Waals surface area contributed by atoms with Gasteiger partial charge in [-0.15, -0.1) is 0 Å². The topological polar surface area (TPSA) is 44.1 Å². The molecule has 4 nitrogen and oxygen atoms in total. The average molecular weight is 311 g/mol. The molecule has 5 heteroatoms. The summed E-state index contributed by atoms with van der Waals surface area (Å²) in [6.07, 6.45) is 4.66. The molecule has 0 N–H and O–H groups in total. The van der Waals surface area contributed by atoms with Gasteiger partial charge in [0.25, 0.3) is 0 Å². The number of hydrogen-bond donors (Lipinski definition) is 0. The first-order chi connectivity index (χ1) is 8.65. The van der Waals surface area contributed by atoms with E-state index >= 15 is 0 Å². The summed E-state index contributed by atoms with van der Waals surface area (Å²) in [7, 11) is 0. The predicted octanol–water partition coefficient (Wildman–Crippen LogP) is 3.97. The molecule has 0 aliphatic carbocycles. The summed E-state index contributed by atoms with van der Waals surface area (Å²) in [4.78, 5) is 16.3. The van der Waals surface area contributed by atoms with Crippen molar-refractivity contribution in [3.63, 3.8) is 0 Å². The van der Waals surface area contributed by atoms with E-state index in [9.17, 15) is 4.79 Å².